The van der Waals surface area contributed by atoms with E-state index in [1.807, 2.05) is 61.5 Å². The van der Waals surface area contributed by atoms with E-state index in [2.05, 4.69) is 5.32 Å². The molecule has 256 valence electrons. The molecule has 0 radical (unpaired) electrons. The first-order chi connectivity index (χ1) is 23.5. The van der Waals surface area contributed by atoms with Crippen molar-refractivity contribution in [3.05, 3.63) is 125 Å². The predicted octanol–water partition coefficient (Wildman–Crippen LogP) is 7.43. The number of amides is 2. The summed E-state index contributed by atoms with van der Waals surface area (Å²) in [6.07, 6.45) is -3.54. The minimum atomic E-state index is -4.43. The van der Waals surface area contributed by atoms with Crippen molar-refractivity contribution >= 4 is 18.0 Å². The maximum atomic E-state index is 13.7. The van der Waals surface area contributed by atoms with Crippen LogP contribution in [-0.2, 0) is 46.5 Å². The fraction of sp³-hybridized carbons (Fsp3) is 0.289. The Labute approximate surface area is 282 Å². The van der Waals surface area contributed by atoms with E-state index < -0.39 is 41.8 Å². The zero-order valence-corrected chi connectivity index (χ0v) is 26.9. The lowest BCUT2D eigenvalue weighted by Crippen LogP contribution is -2.56. The number of nitrogens with one attached hydrogen (secondary N) is 1. The van der Waals surface area contributed by atoms with Crippen LogP contribution in [0, 0.1) is 0 Å². The van der Waals surface area contributed by atoms with Gasteiger partial charge in [0.05, 0.1) is 18.7 Å². The van der Waals surface area contributed by atoms with Crippen LogP contribution in [0.15, 0.2) is 97.1 Å². The van der Waals surface area contributed by atoms with E-state index in [1.54, 1.807) is 18.2 Å². The van der Waals surface area contributed by atoms with Gasteiger partial charge in [0.1, 0.15) is 24.4 Å². The first-order valence-electron chi connectivity index (χ1n) is 16.0. The molecular weight excluding hydrogens is 637 g/mol. The van der Waals surface area contributed by atoms with Crippen LogP contribution >= 0.6 is 0 Å². The Bertz CT molecular complexity index is 1740. The lowest BCUT2D eigenvalue weighted by atomic mass is 9.93. The molecule has 0 saturated heterocycles. The summed E-state index contributed by atoms with van der Waals surface area (Å²) in [6.45, 7) is 2.15. The molecule has 11 heteroatoms. The Hall–Kier alpha value is -5.32. The summed E-state index contributed by atoms with van der Waals surface area (Å²) in [5.74, 6) is -1.39. The van der Waals surface area contributed by atoms with Crippen molar-refractivity contribution in [3.63, 3.8) is 0 Å². The summed E-state index contributed by atoms with van der Waals surface area (Å²) < 4.78 is 50.0. The highest BCUT2D eigenvalue weighted by Crippen LogP contribution is 2.31. The zero-order chi connectivity index (χ0) is 35.0. The molecule has 5 rings (SSSR count). The van der Waals surface area contributed by atoms with Gasteiger partial charge < -0.3 is 19.9 Å². The largest absolute Gasteiger partial charge is 0.489 e. The van der Waals surface area contributed by atoms with Gasteiger partial charge in [-0.1, -0.05) is 86.1 Å². The number of hydrogen-bond donors (Lipinski definition) is 2. The first-order valence-corrected chi connectivity index (χ1v) is 16.0. The van der Waals surface area contributed by atoms with Gasteiger partial charge in [-0.2, -0.15) is 13.2 Å². The van der Waals surface area contributed by atoms with Crippen LogP contribution in [-0.4, -0.2) is 46.7 Å². The van der Waals surface area contributed by atoms with E-state index in [0.717, 1.165) is 40.8 Å². The molecule has 4 aromatic rings. The molecule has 1 heterocycles. The maximum absolute atomic E-state index is 13.7. The lowest BCUT2D eigenvalue weighted by Gasteiger charge is -2.36. The topological polar surface area (TPSA) is 105 Å². The van der Waals surface area contributed by atoms with Gasteiger partial charge >= 0.3 is 18.2 Å². The highest BCUT2D eigenvalue weighted by atomic mass is 19.4. The zero-order valence-electron chi connectivity index (χ0n) is 26.9. The number of carboxylic acid groups (broad SMARTS) is 1. The number of nitrogens with zero attached hydrogens (tertiary/aromatic N) is 1. The maximum Gasteiger partial charge on any atom is 0.416 e. The number of rotatable bonds is 12. The third-order valence-corrected chi connectivity index (χ3v) is 8.37. The van der Waals surface area contributed by atoms with Crippen LogP contribution < -0.4 is 10.1 Å². The second-order valence-corrected chi connectivity index (χ2v) is 11.9. The monoisotopic (exact) mass is 674 g/mol. The molecule has 8 nitrogen and oxygen atoms in total. The van der Waals surface area contributed by atoms with Crippen LogP contribution in [0.4, 0.5) is 18.0 Å². The van der Waals surface area contributed by atoms with Crippen molar-refractivity contribution in [3.8, 4) is 16.9 Å². The SMILES string of the molecule is CCCCOC(=O)N1Cc2cc(OCc3ccc(C(F)(F)F)cc3)ccc2C[C@H]1C(=O)N[C@@H](Cc1ccc(-c2ccccc2)cc1)C(=O)O. The molecule has 2 N–H and O–H groups in total. The van der Waals surface area contributed by atoms with Gasteiger partial charge in [-0.05, 0) is 64.1 Å². The van der Waals surface area contributed by atoms with Crippen LogP contribution in [0.1, 0.15) is 47.6 Å². The molecule has 0 unspecified atom stereocenters. The second-order valence-electron chi connectivity index (χ2n) is 11.9. The van der Waals surface area contributed by atoms with E-state index in [1.165, 1.54) is 17.0 Å². The number of benzene rings is 4. The number of unbranched alkanes of at least 4 members (excludes halogenated alkanes) is 1. The average molecular weight is 675 g/mol. The number of alkyl halides is 3. The van der Waals surface area contributed by atoms with Crippen LogP contribution in [0.5, 0.6) is 5.75 Å². The molecule has 0 spiro atoms. The Morgan fingerprint density at radius 1 is 0.898 bits per heavy atom. The van der Waals surface area contributed by atoms with Gasteiger partial charge in [-0.3, -0.25) is 9.69 Å². The highest BCUT2D eigenvalue weighted by molar-refractivity contribution is 5.90. The number of carbonyl (C=O) groups is 3. The Kier molecular flexibility index (Phi) is 11.2. The van der Waals surface area contributed by atoms with Crippen LogP contribution in [0.25, 0.3) is 11.1 Å². The van der Waals surface area contributed by atoms with Crippen molar-refractivity contribution < 1.29 is 42.1 Å². The van der Waals surface area contributed by atoms with Gasteiger partial charge in [0.2, 0.25) is 5.91 Å². The van der Waals surface area contributed by atoms with E-state index in [9.17, 15) is 32.7 Å². The lowest BCUT2D eigenvalue weighted by molar-refractivity contribution is -0.142. The van der Waals surface area contributed by atoms with E-state index >= 15 is 0 Å². The van der Waals surface area contributed by atoms with E-state index in [4.69, 9.17) is 9.47 Å². The van der Waals surface area contributed by atoms with Crippen molar-refractivity contribution in [1.29, 1.82) is 0 Å². The Morgan fingerprint density at radius 3 is 2.22 bits per heavy atom. The summed E-state index contributed by atoms with van der Waals surface area (Å²) in [4.78, 5) is 40.5. The Morgan fingerprint density at radius 2 is 1.57 bits per heavy atom. The fourth-order valence-corrected chi connectivity index (χ4v) is 5.59. The molecule has 1 aliphatic rings. The molecule has 0 bridgehead atoms. The second kappa shape index (κ2) is 15.7. The molecule has 1 aliphatic heterocycles. The number of aliphatic carboxylic acids is 1. The van der Waals surface area contributed by atoms with E-state index in [-0.39, 0.29) is 32.6 Å². The quantitative estimate of drug-likeness (QED) is 0.152. The first kappa shape index (κ1) is 35.0. The van der Waals surface area contributed by atoms with Gasteiger partial charge in [0.25, 0.3) is 0 Å². The molecular formula is C38H37F3N2O6. The number of hydrogen-bond acceptors (Lipinski definition) is 5. The summed E-state index contributed by atoms with van der Waals surface area (Å²) in [5, 5.41) is 12.7. The standard InChI is InChI=1S/C38H37F3N2O6/c1-2-3-19-48-37(47)43-23-30-21-32(49-24-26-11-16-31(17-12-26)38(39,40)41)18-15-29(30)22-34(43)35(44)42-33(36(45)46)20-25-9-13-28(14-10-25)27-7-5-4-6-8-27/h4-18,21,33-34H,2-3,19-20,22-24H2,1H3,(H,42,44)(H,45,46)/t33-,34-/m0/s1. The number of halogens is 3. The molecule has 2 amide bonds. The highest BCUT2D eigenvalue weighted by Gasteiger charge is 2.37. The molecule has 4 aromatic carbocycles. The van der Waals surface area contributed by atoms with Gasteiger partial charge in [0.15, 0.2) is 0 Å². The number of carboxylic acids is 1. The van der Waals surface area contributed by atoms with Gasteiger partial charge in [-0.25, -0.2) is 9.59 Å². The van der Waals surface area contributed by atoms with Gasteiger partial charge in [-0.15, -0.1) is 0 Å². The minimum absolute atomic E-state index is 0.00848. The van der Waals surface area contributed by atoms with Crippen molar-refractivity contribution in [2.75, 3.05) is 6.61 Å². The number of fused-ring (bicyclic) bond motifs is 1. The van der Waals surface area contributed by atoms with Crippen molar-refractivity contribution in [2.45, 2.75) is 64.0 Å². The summed E-state index contributed by atoms with van der Waals surface area (Å²) in [5.41, 5.74) is 3.99. The average Bonchev–Trinajstić information content (AvgIpc) is 3.10. The Balaban J connectivity index is 1.29. The summed E-state index contributed by atoms with van der Waals surface area (Å²) in [7, 11) is 0. The third kappa shape index (κ3) is 9.19. The van der Waals surface area contributed by atoms with Crippen LogP contribution in [0.2, 0.25) is 0 Å². The minimum Gasteiger partial charge on any atom is -0.489 e. The molecule has 2 atom stereocenters. The fourth-order valence-electron chi connectivity index (χ4n) is 5.59. The van der Waals surface area contributed by atoms with E-state index in [0.29, 0.717) is 23.3 Å². The third-order valence-electron chi connectivity index (χ3n) is 8.37. The summed E-state index contributed by atoms with van der Waals surface area (Å²) >= 11 is 0. The molecule has 0 aromatic heterocycles. The van der Waals surface area contributed by atoms with Crippen molar-refractivity contribution in [2.24, 2.45) is 0 Å². The normalized spacial score (nSPS) is 14.8. The van der Waals surface area contributed by atoms with Crippen LogP contribution in [0.3, 0.4) is 0 Å². The predicted molar refractivity (Wildman–Crippen MR) is 177 cm³/mol. The van der Waals surface area contributed by atoms with Gasteiger partial charge in [0, 0.05) is 12.8 Å². The molecule has 0 aliphatic carbocycles. The molecule has 0 fully saturated rings. The number of carbonyl (C=O) groups excluding carboxylic acids is 2. The van der Waals surface area contributed by atoms with Crippen molar-refractivity contribution in [1.82, 2.24) is 10.2 Å². The number of ether oxygens (including phenoxy) is 2. The molecule has 49 heavy (non-hydrogen) atoms. The smallest absolute Gasteiger partial charge is 0.416 e. The molecule has 0 saturated carbocycles. The summed E-state index contributed by atoms with van der Waals surface area (Å²) in [6, 6.07) is 24.8.